The van der Waals surface area contributed by atoms with Crippen molar-refractivity contribution in [1.82, 2.24) is 0 Å². The topological polar surface area (TPSA) is 67.9 Å². The predicted octanol–water partition coefficient (Wildman–Crippen LogP) is 2.89. The highest BCUT2D eigenvalue weighted by Gasteiger charge is 2.19. The van der Waals surface area contributed by atoms with E-state index in [4.69, 9.17) is 9.47 Å². The molecule has 0 aliphatic carbocycles. The molecule has 0 spiro atoms. The molecule has 6 nitrogen and oxygen atoms in total. The molecule has 0 fully saturated rings. The summed E-state index contributed by atoms with van der Waals surface area (Å²) >= 11 is 0. The third-order valence-electron chi connectivity index (χ3n) is 3.13. The number of carbonyl (C=O) groups excluding carboxylic acids is 2. The minimum Gasteiger partial charge on any atom is -0.454 e. The Morgan fingerprint density at radius 2 is 1.87 bits per heavy atom. The molecule has 8 heteroatoms. The SMILES string of the molecule is O=CN(C(=O)Nc1ccc2c(c1)OCO2)c1ccc(F)c(F)c1. The highest BCUT2D eigenvalue weighted by Crippen LogP contribution is 2.34. The van der Waals surface area contributed by atoms with Crippen LogP contribution in [0.25, 0.3) is 0 Å². The number of urea groups is 1. The summed E-state index contributed by atoms with van der Waals surface area (Å²) in [6, 6.07) is 6.55. The van der Waals surface area contributed by atoms with E-state index in [0.29, 0.717) is 22.1 Å². The van der Waals surface area contributed by atoms with E-state index in [2.05, 4.69) is 5.32 Å². The molecule has 1 aliphatic heterocycles. The van der Waals surface area contributed by atoms with E-state index in [0.717, 1.165) is 18.2 Å². The Morgan fingerprint density at radius 1 is 1.09 bits per heavy atom. The number of hydrogen-bond acceptors (Lipinski definition) is 4. The van der Waals surface area contributed by atoms with Gasteiger partial charge in [-0.05, 0) is 24.3 Å². The van der Waals surface area contributed by atoms with Gasteiger partial charge in [-0.2, -0.15) is 0 Å². The van der Waals surface area contributed by atoms with E-state index in [1.165, 1.54) is 6.07 Å². The number of anilines is 2. The summed E-state index contributed by atoms with van der Waals surface area (Å²) in [6.07, 6.45) is 0.203. The molecular weight excluding hydrogens is 310 g/mol. The maximum atomic E-state index is 13.2. The number of benzene rings is 2. The van der Waals surface area contributed by atoms with Crippen LogP contribution in [0.1, 0.15) is 0 Å². The molecule has 0 bridgehead atoms. The quantitative estimate of drug-likeness (QED) is 0.883. The number of amides is 3. The van der Waals surface area contributed by atoms with Crippen molar-refractivity contribution in [1.29, 1.82) is 0 Å². The third-order valence-corrected chi connectivity index (χ3v) is 3.13. The minimum atomic E-state index is -1.16. The molecule has 1 N–H and O–H groups in total. The summed E-state index contributed by atoms with van der Waals surface area (Å²) < 4.78 is 36.5. The average Bonchev–Trinajstić information content (AvgIpc) is 2.99. The number of hydrogen-bond donors (Lipinski definition) is 1. The van der Waals surface area contributed by atoms with E-state index in [1.807, 2.05) is 0 Å². The molecule has 2 aromatic rings. The summed E-state index contributed by atoms with van der Waals surface area (Å²) in [6.45, 7) is 0.0854. The van der Waals surface area contributed by atoms with E-state index in [-0.39, 0.29) is 18.9 Å². The Balaban J connectivity index is 1.80. The second-order valence-corrected chi connectivity index (χ2v) is 4.57. The van der Waals surface area contributed by atoms with E-state index < -0.39 is 17.7 Å². The molecule has 0 aromatic heterocycles. The lowest BCUT2D eigenvalue weighted by Gasteiger charge is -2.16. The first-order valence-corrected chi connectivity index (χ1v) is 6.48. The van der Waals surface area contributed by atoms with Crippen molar-refractivity contribution < 1.29 is 27.8 Å². The van der Waals surface area contributed by atoms with Crippen molar-refractivity contribution >= 4 is 23.8 Å². The smallest absolute Gasteiger partial charge is 0.332 e. The van der Waals surface area contributed by atoms with Gasteiger partial charge in [-0.25, -0.2) is 18.5 Å². The lowest BCUT2D eigenvalue weighted by Crippen LogP contribution is -2.33. The fourth-order valence-electron chi connectivity index (χ4n) is 2.02. The molecule has 1 heterocycles. The Morgan fingerprint density at radius 3 is 2.61 bits per heavy atom. The van der Waals surface area contributed by atoms with Crippen molar-refractivity contribution in [3.63, 3.8) is 0 Å². The van der Waals surface area contributed by atoms with E-state index >= 15 is 0 Å². The van der Waals surface area contributed by atoms with Crippen LogP contribution in [0, 0.1) is 11.6 Å². The van der Waals surface area contributed by atoms with Crippen LogP contribution >= 0.6 is 0 Å². The fourth-order valence-corrected chi connectivity index (χ4v) is 2.02. The van der Waals surface area contributed by atoms with Crippen molar-refractivity contribution in [2.45, 2.75) is 0 Å². The number of halogens is 2. The molecule has 0 unspecified atom stereocenters. The van der Waals surface area contributed by atoms with Crippen LogP contribution in [0.15, 0.2) is 36.4 Å². The van der Waals surface area contributed by atoms with Crippen molar-refractivity contribution in [2.24, 2.45) is 0 Å². The van der Waals surface area contributed by atoms with Crippen LogP contribution < -0.4 is 19.7 Å². The lowest BCUT2D eigenvalue weighted by molar-refractivity contribution is -0.106. The fraction of sp³-hybridized carbons (Fsp3) is 0.0667. The van der Waals surface area contributed by atoms with E-state index in [9.17, 15) is 18.4 Å². The standard InChI is InChI=1S/C15H10F2N2O4/c16-11-3-2-10(6-12(11)17)19(7-20)15(21)18-9-1-4-13-14(5-9)23-8-22-13/h1-7H,8H2,(H,18,21). The molecule has 23 heavy (non-hydrogen) atoms. The number of nitrogens with one attached hydrogen (secondary N) is 1. The maximum absolute atomic E-state index is 13.2. The van der Waals surface area contributed by atoms with Gasteiger partial charge < -0.3 is 14.8 Å². The van der Waals surface area contributed by atoms with Gasteiger partial charge in [-0.3, -0.25) is 4.79 Å². The number of carbonyl (C=O) groups is 2. The van der Waals surface area contributed by atoms with E-state index in [1.54, 1.807) is 12.1 Å². The second-order valence-electron chi connectivity index (χ2n) is 4.57. The molecule has 0 saturated carbocycles. The molecule has 0 radical (unpaired) electrons. The number of nitrogens with zero attached hydrogens (tertiary/aromatic N) is 1. The van der Waals surface area contributed by atoms with Crippen LogP contribution in [-0.4, -0.2) is 19.2 Å². The normalized spacial score (nSPS) is 11.9. The first kappa shape index (κ1) is 14.8. The Labute approximate surface area is 129 Å². The highest BCUT2D eigenvalue weighted by atomic mass is 19.2. The van der Waals surface area contributed by atoms with Gasteiger partial charge in [0.25, 0.3) is 0 Å². The molecular formula is C15H10F2N2O4. The van der Waals surface area contributed by atoms with Crippen molar-refractivity contribution in [3.8, 4) is 11.5 Å². The van der Waals surface area contributed by atoms with Crippen LogP contribution in [-0.2, 0) is 4.79 Å². The zero-order chi connectivity index (χ0) is 16.4. The predicted molar refractivity (Wildman–Crippen MR) is 76.5 cm³/mol. The number of fused-ring (bicyclic) bond motifs is 1. The average molecular weight is 320 g/mol. The Hall–Kier alpha value is -3.16. The van der Waals surface area contributed by atoms with Gasteiger partial charge in [-0.15, -0.1) is 0 Å². The lowest BCUT2D eigenvalue weighted by atomic mass is 10.2. The first-order chi connectivity index (χ1) is 11.1. The van der Waals surface area contributed by atoms with Gasteiger partial charge in [0.2, 0.25) is 13.2 Å². The first-order valence-electron chi connectivity index (χ1n) is 6.48. The van der Waals surface area contributed by atoms with Crippen LogP contribution in [0.3, 0.4) is 0 Å². The number of imide groups is 1. The number of rotatable bonds is 3. The number of ether oxygens (including phenoxy) is 2. The zero-order valence-electron chi connectivity index (χ0n) is 11.6. The van der Waals surface area contributed by atoms with Gasteiger partial charge in [0.15, 0.2) is 23.1 Å². The molecule has 118 valence electrons. The second kappa shape index (κ2) is 5.91. The molecule has 3 amide bonds. The zero-order valence-corrected chi connectivity index (χ0v) is 11.6. The van der Waals surface area contributed by atoms with Gasteiger partial charge >= 0.3 is 6.03 Å². The largest absolute Gasteiger partial charge is 0.454 e. The minimum absolute atomic E-state index is 0.0854. The molecule has 3 rings (SSSR count). The highest BCUT2D eigenvalue weighted by molar-refractivity contribution is 6.12. The van der Waals surface area contributed by atoms with Crippen LogP contribution in [0.4, 0.5) is 25.0 Å². The third kappa shape index (κ3) is 2.91. The van der Waals surface area contributed by atoms with Gasteiger partial charge in [0.05, 0.1) is 5.69 Å². The molecule has 1 aliphatic rings. The monoisotopic (exact) mass is 320 g/mol. The Bertz CT molecular complexity index is 782. The summed E-state index contributed by atoms with van der Waals surface area (Å²) in [4.78, 5) is 23.9. The summed E-state index contributed by atoms with van der Waals surface area (Å²) in [5, 5.41) is 2.46. The van der Waals surface area contributed by atoms with Crippen LogP contribution in [0.2, 0.25) is 0 Å². The molecule has 2 aromatic carbocycles. The Kier molecular flexibility index (Phi) is 3.80. The summed E-state index contributed by atoms with van der Waals surface area (Å²) in [5.41, 5.74) is 0.255. The summed E-state index contributed by atoms with van der Waals surface area (Å²) in [5.74, 6) is -1.25. The van der Waals surface area contributed by atoms with Crippen LogP contribution in [0.5, 0.6) is 11.5 Å². The molecule has 0 saturated heterocycles. The van der Waals surface area contributed by atoms with Gasteiger partial charge in [0, 0.05) is 17.8 Å². The summed E-state index contributed by atoms with van der Waals surface area (Å²) in [7, 11) is 0. The van der Waals surface area contributed by atoms with Gasteiger partial charge in [-0.1, -0.05) is 0 Å². The van der Waals surface area contributed by atoms with Crippen molar-refractivity contribution in [3.05, 3.63) is 48.0 Å². The maximum Gasteiger partial charge on any atom is 0.332 e. The molecule has 0 atom stereocenters. The van der Waals surface area contributed by atoms with Crippen molar-refractivity contribution in [2.75, 3.05) is 17.0 Å². The van der Waals surface area contributed by atoms with Gasteiger partial charge in [0.1, 0.15) is 0 Å².